The maximum atomic E-state index is 13.3. The Morgan fingerprint density at radius 3 is 2.63 bits per heavy atom. The van der Waals surface area contributed by atoms with Crippen molar-refractivity contribution in [3.05, 3.63) is 90.8 Å². The predicted octanol–water partition coefficient (Wildman–Crippen LogP) is 4.47. The maximum absolute atomic E-state index is 13.3. The zero-order valence-corrected chi connectivity index (χ0v) is 23.7. The molecule has 8 nitrogen and oxygen atoms in total. The van der Waals surface area contributed by atoms with Crippen molar-refractivity contribution in [3.63, 3.8) is 0 Å². The van der Waals surface area contributed by atoms with E-state index in [2.05, 4.69) is 15.6 Å². The number of para-hydroxylation sites is 1. The van der Waals surface area contributed by atoms with Gasteiger partial charge in [-0.15, -0.1) is 0 Å². The molecule has 0 radical (unpaired) electrons. The van der Waals surface area contributed by atoms with E-state index in [1.165, 1.54) is 6.20 Å². The summed E-state index contributed by atoms with van der Waals surface area (Å²) >= 11 is 0. The van der Waals surface area contributed by atoms with E-state index in [1.807, 2.05) is 67.6 Å². The van der Waals surface area contributed by atoms with Crippen LogP contribution >= 0.6 is 0 Å². The normalized spacial score (nSPS) is 19.4. The second kappa shape index (κ2) is 12.5. The number of aromatic nitrogens is 1. The van der Waals surface area contributed by atoms with E-state index in [-0.39, 0.29) is 41.5 Å². The van der Waals surface area contributed by atoms with Crippen LogP contribution in [0.3, 0.4) is 0 Å². The first kappa shape index (κ1) is 28.3. The number of ether oxygens (including phenoxy) is 1. The summed E-state index contributed by atoms with van der Waals surface area (Å²) in [5.74, 6) is -0.141. The highest BCUT2D eigenvalue weighted by molar-refractivity contribution is 7.91. The molecule has 0 unspecified atom stereocenters. The molecule has 2 atom stereocenters. The van der Waals surface area contributed by atoms with Crippen LogP contribution in [0.4, 0.5) is 0 Å². The number of carbonyl (C=O) groups is 2. The first-order valence-corrected chi connectivity index (χ1v) is 15.4. The van der Waals surface area contributed by atoms with Crippen molar-refractivity contribution in [3.8, 4) is 16.9 Å². The Bertz CT molecular complexity index is 1670. The molecule has 212 valence electrons. The van der Waals surface area contributed by atoms with E-state index < -0.39 is 15.9 Å². The highest BCUT2D eigenvalue weighted by Crippen LogP contribution is 2.31. The summed E-state index contributed by atoms with van der Waals surface area (Å²) in [6.07, 6.45) is 4.18. The maximum Gasteiger partial charge on any atom is 0.242 e. The number of amides is 2. The summed E-state index contributed by atoms with van der Waals surface area (Å²) in [6, 6.07) is 21.6. The van der Waals surface area contributed by atoms with Gasteiger partial charge in [0.1, 0.15) is 18.4 Å². The minimum absolute atomic E-state index is 0.0912. The van der Waals surface area contributed by atoms with E-state index in [9.17, 15) is 18.0 Å². The third-order valence-electron chi connectivity index (χ3n) is 7.13. The second-order valence-electron chi connectivity index (χ2n) is 10.4. The van der Waals surface area contributed by atoms with Gasteiger partial charge in [0.05, 0.1) is 23.1 Å². The van der Waals surface area contributed by atoms with Gasteiger partial charge in [0.15, 0.2) is 9.84 Å². The van der Waals surface area contributed by atoms with Crippen molar-refractivity contribution >= 4 is 32.4 Å². The summed E-state index contributed by atoms with van der Waals surface area (Å²) in [6.45, 7) is 2.03. The number of rotatable bonds is 3. The number of pyridine rings is 1. The van der Waals surface area contributed by atoms with Gasteiger partial charge in [0, 0.05) is 23.5 Å². The van der Waals surface area contributed by atoms with Gasteiger partial charge < -0.3 is 15.4 Å². The van der Waals surface area contributed by atoms with Gasteiger partial charge >= 0.3 is 0 Å². The van der Waals surface area contributed by atoms with Crippen LogP contribution in [0.2, 0.25) is 0 Å². The molecule has 4 aromatic rings. The lowest BCUT2D eigenvalue weighted by molar-refractivity contribution is -0.129. The molecule has 0 saturated carbocycles. The molecular formula is C32H33N3O5S. The Kier molecular flexibility index (Phi) is 8.64. The molecule has 2 amide bonds. The van der Waals surface area contributed by atoms with Crippen molar-refractivity contribution in [1.82, 2.24) is 15.6 Å². The fraction of sp³-hybridized carbons (Fsp3) is 0.281. The molecule has 1 aliphatic heterocycles. The van der Waals surface area contributed by atoms with Gasteiger partial charge in [-0.05, 0) is 54.7 Å². The van der Waals surface area contributed by atoms with Gasteiger partial charge in [-0.2, -0.15) is 0 Å². The Morgan fingerprint density at radius 1 is 1.00 bits per heavy atom. The SMILES string of the molecule is C[C@@H]1COc2ccccc2-c2cncc(c2)S(=O)(=O)CCCC[C@H](NC(=O)Cc2ccc3ccccc3c2)C(=O)N1. The number of benzene rings is 3. The summed E-state index contributed by atoms with van der Waals surface area (Å²) < 4.78 is 32.3. The molecule has 41 heavy (non-hydrogen) atoms. The predicted molar refractivity (Wildman–Crippen MR) is 158 cm³/mol. The average Bonchev–Trinajstić information content (AvgIpc) is 2.97. The van der Waals surface area contributed by atoms with Crippen LogP contribution < -0.4 is 15.4 Å². The summed E-state index contributed by atoms with van der Waals surface area (Å²) in [7, 11) is -3.60. The highest BCUT2D eigenvalue weighted by Gasteiger charge is 2.24. The second-order valence-corrected chi connectivity index (χ2v) is 12.5. The molecule has 2 bridgehead atoms. The Labute approximate surface area is 240 Å². The molecule has 1 aliphatic rings. The van der Waals surface area contributed by atoms with Gasteiger partial charge in [-0.1, -0.05) is 60.7 Å². The van der Waals surface area contributed by atoms with Crippen LogP contribution in [-0.4, -0.2) is 49.7 Å². The van der Waals surface area contributed by atoms with E-state index in [4.69, 9.17) is 4.74 Å². The minimum Gasteiger partial charge on any atom is -0.491 e. The third kappa shape index (κ3) is 7.10. The lowest BCUT2D eigenvalue weighted by atomic mass is 10.0. The van der Waals surface area contributed by atoms with E-state index >= 15 is 0 Å². The van der Waals surface area contributed by atoms with Crippen LogP contribution in [0.1, 0.15) is 31.7 Å². The van der Waals surface area contributed by atoms with Crippen LogP contribution in [0.25, 0.3) is 21.9 Å². The molecule has 2 N–H and O–H groups in total. The zero-order valence-electron chi connectivity index (χ0n) is 22.9. The number of nitrogens with one attached hydrogen (secondary N) is 2. The molecule has 9 heteroatoms. The molecule has 2 heterocycles. The lowest BCUT2D eigenvalue weighted by Crippen LogP contribution is -2.50. The third-order valence-corrected chi connectivity index (χ3v) is 8.90. The quantitative estimate of drug-likeness (QED) is 0.375. The first-order chi connectivity index (χ1) is 19.8. The molecule has 0 spiro atoms. The van der Waals surface area contributed by atoms with Crippen molar-refractivity contribution in [1.29, 1.82) is 0 Å². The van der Waals surface area contributed by atoms with Gasteiger partial charge in [-0.3, -0.25) is 14.6 Å². The van der Waals surface area contributed by atoms with E-state index in [1.54, 1.807) is 18.3 Å². The number of hydrogen-bond donors (Lipinski definition) is 2. The largest absolute Gasteiger partial charge is 0.491 e. The van der Waals surface area contributed by atoms with Crippen molar-refractivity contribution < 1.29 is 22.7 Å². The van der Waals surface area contributed by atoms with Crippen LogP contribution in [0.15, 0.2) is 90.1 Å². The standard InChI is InChI=1S/C32H33N3O5S/c1-22-21-40-30-12-5-4-10-28(30)26-18-27(20-33-19-26)41(38,39)15-7-6-11-29(32(37)34-22)35-31(36)17-23-13-14-24-8-2-3-9-25(24)16-23/h2-5,8-10,12-14,16,18-20,22,29H,6-7,11,15,17,21H2,1H3,(H,34,37)(H,35,36)/t22-,29+/m1/s1. The number of hydrogen-bond acceptors (Lipinski definition) is 6. The molecule has 0 fully saturated rings. The molecular weight excluding hydrogens is 538 g/mol. The summed E-state index contributed by atoms with van der Waals surface area (Å²) in [5, 5.41) is 7.95. The van der Waals surface area contributed by atoms with Gasteiger partial charge in [0.25, 0.3) is 0 Å². The van der Waals surface area contributed by atoms with Crippen LogP contribution in [0, 0.1) is 0 Å². The Morgan fingerprint density at radius 2 is 1.78 bits per heavy atom. The monoisotopic (exact) mass is 571 g/mol. The fourth-order valence-corrected chi connectivity index (χ4v) is 6.32. The first-order valence-electron chi connectivity index (χ1n) is 13.8. The molecule has 5 rings (SSSR count). The molecule has 0 saturated heterocycles. The van der Waals surface area contributed by atoms with Crippen LogP contribution in [0.5, 0.6) is 5.75 Å². The smallest absolute Gasteiger partial charge is 0.242 e. The van der Waals surface area contributed by atoms with Gasteiger partial charge in [-0.25, -0.2) is 8.42 Å². The molecule has 1 aromatic heterocycles. The van der Waals surface area contributed by atoms with Gasteiger partial charge in [0.2, 0.25) is 11.8 Å². The lowest BCUT2D eigenvalue weighted by Gasteiger charge is -2.22. The number of sulfone groups is 1. The topological polar surface area (TPSA) is 114 Å². The van der Waals surface area contributed by atoms with E-state index in [0.717, 1.165) is 16.3 Å². The number of fused-ring (bicyclic) bond motifs is 5. The number of carbonyl (C=O) groups excluding carboxylic acids is 2. The summed E-state index contributed by atoms with van der Waals surface area (Å²) in [4.78, 5) is 30.6. The molecule has 0 aliphatic carbocycles. The average molecular weight is 572 g/mol. The van der Waals surface area contributed by atoms with Crippen molar-refractivity contribution in [2.24, 2.45) is 0 Å². The highest BCUT2D eigenvalue weighted by atomic mass is 32.2. The summed E-state index contributed by atoms with van der Waals surface area (Å²) in [5.41, 5.74) is 2.19. The van der Waals surface area contributed by atoms with Crippen LogP contribution in [-0.2, 0) is 25.8 Å². The van der Waals surface area contributed by atoms with Crippen molar-refractivity contribution in [2.45, 2.75) is 49.6 Å². The van der Waals surface area contributed by atoms with Crippen molar-refractivity contribution in [2.75, 3.05) is 12.4 Å². The Balaban J connectivity index is 1.34. The minimum atomic E-state index is -3.60. The van der Waals surface area contributed by atoms with E-state index in [0.29, 0.717) is 36.1 Å². The fourth-order valence-electron chi connectivity index (χ4n) is 4.97. The number of nitrogens with zero attached hydrogens (tertiary/aromatic N) is 1. The zero-order chi connectivity index (χ0) is 28.8. The molecule has 3 aromatic carbocycles. The Hall–Kier alpha value is -4.24.